The third-order valence-electron chi connectivity index (χ3n) is 5.92. The number of imidazole rings is 1. The maximum atomic E-state index is 12.3. The van der Waals surface area contributed by atoms with Gasteiger partial charge in [0, 0.05) is 45.1 Å². The minimum Gasteiger partial charge on any atom is -0.352 e. The van der Waals surface area contributed by atoms with E-state index in [4.69, 9.17) is 0 Å². The highest BCUT2D eigenvalue weighted by Crippen LogP contribution is 2.27. The quantitative estimate of drug-likeness (QED) is 0.323. The van der Waals surface area contributed by atoms with Crippen LogP contribution < -0.4 is 10.0 Å². The van der Waals surface area contributed by atoms with Crippen molar-refractivity contribution in [1.82, 2.24) is 24.5 Å². The van der Waals surface area contributed by atoms with Crippen LogP contribution in [0.1, 0.15) is 37.8 Å². The molecule has 2 N–H and O–H groups in total. The zero-order chi connectivity index (χ0) is 21.1. The Hall–Kier alpha value is -1.66. The summed E-state index contributed by atoms with van der Waals surface area (Å²) < 4.78 is 29.5. The van der Waals surface area contributed by atoms with Gasteiger partial charge in [-0.25, -0.2) is 18.1 Å². The van der Waals surface area contributed by atoms with E-state index in [1.54, 1.807) is 19.2 Å². The normalized spacial score (nSPS) is 22.1. The summed E-state index contributed by atoms with van der Waals surface area (Å²) in [4.78, 5) is 11.3. The maximum absolute atomic E-state index is 12.3. The van der Waals surface area contributed by atoms with Crippen LogP contribution in [-0.4, -0.2) is 55.0 Å². The second-order valence-corrected chi connectivity index (χ2v) is 9.94. The molecule has 8 nitrogen and oxygen atoms in total. The van der Waals surface area contributed by atoms with Gasteiger partial charge in [0.05, 0.1) is 17.3 Å². The van der Waals surface area contributed by atoms with Gasteiger partial charge >= 0.3 is 0 Å². The van der Waals surface area contributed by atoms with Gasteiger partial charge in [0.25, 0.3) is 0 Å². The van der Waals surface area contributed by atoms with E-state index < -0.39 is 10.0 Å². The van der Waals surface area contributed by atoms with Crippen LogP contribution in [0.4, 0.5) is 0 Å². The number of piperidine rings is 1. The first-order valence-electron chi connectivity index (χ1n) is 10.5. The van der Waals surface area contributed by atoms with Gasteiger partial charge in [-0.2, -0.15) is 0 Å². The first kappa shape index (κ1) is 24.0. The summed E-state index contributed by atoms with van der Waals surface area (Å²) in [5.41, 5.74) is 1.01. The fraction of sp³-hybridized carbons (Fsp3) is 0.524. The van der Waals surface area contributed by atoms with E-state index in [1.165, 1.54) is 0 Å². The molecule has 2 aliphatic rings. The van der Waals surface area contributed by atoms with Gasteiger partial charge in [0.2, 0.25) is 10.0 Å². The number of guanidine groups is 1. The van der Waals surface area contributed by atoms with Crippen molar-refractivity contribution in [3.8, 4) is 0 Å². The van der Waals surface area contributed by atoms with E-state index in [9.17, 15) is 8.42 Å². The van der Waals surface area contributed by atoms with Gasteiger partial charge in [-0.1, -0.05) is 19.1 Å². The van der Waals surface area contributed by atoms with Crippen molar-refractivity contribution in [3.63, 3.8) is 0 Å². The van der Waals surface area contributed by atoms with Crippen LogP contribution in [0.5, 0.6) is 0 Å². The number of aliphatic imine (C=N–C) groups is 1. The van der Waals surface area contributed by atoms with Crippen molar-refractivity contribution in [3.05, 3.63) is 48.5 Å². The number of likely N-dealkylation sites (tertiary alicyclic amines) is 1. The molecule has 0 bridgehead atoms. The lowest BCUT2D eigenvalue weighted by molar-refractivity contribution is 0.189. The fourth-order valence-corrected chi connectivity index (χ4v) is 5.19. The highest BCUT2D eigenvalue weighted by Gasteiger charge is 2.29. The Morgan fingerprint density at radius 1 is 1.23 bits per heavy atom. The first-order valence-corrected chi connectivity index (χ1v) is 12.0. The number of hydrogen-bond acceptors (Lipinski definition) is 4. The van der Waals surface area contributed by atoms with Crippen LogP contribution in [-0.2, 0) is 16.6 Å². The molecule has 0 radical (unpaired) electrons. The fourth-order valence-electron chi connectivity index (χ4n) is 3.88. The minimum absolute atomic E-state index is 0. The zero-order valence-corrected chi connectivity index (χ0v) is 21.1. The van der Waals surface area contributed by atoms with E-state index in [-0.39, 0.29) is 30.0 Å². The summed E-state index contributed by atoms with van der Waals surface area (Å²) in [7, 11) is -1.61. The molecule has 1 saturated carbocycles. The number of aromatic nitrogens is 2. The van der Waals surface area contributed by atoms with E-state index in [1.807, 2.05) is 30.9 Å². The Labute approximate surface area is 201 Å². The average molecular weight is 558 g/mol. The van der Waals surface area contributed by atoms with E-state index in [0.29, 0.717) is 23.4 Å². The Morgan fingerprint density at radius 3 is 2.58 bits per heavy atom. The molecule has 1 aliphatic carbocycles. The van der Waals surface area contributed by atoms with Crippen LogP contribution in [0.25, 0.3) is 0 Å². The Morgan fingerprint density at radius 2 is 1.97 bits per heavy atom. The summed E-state index contributed by atoms with van der Waals surface area (Å²) >= 11 is 0. The molecule has 2 fully saturated rings. The summed E-state index contributed by atoms with van der Waals surface area (Å²) in [5, 5.41) is 3.42. The molecule has 0 amide bonds. The summed E-state index contributed by atoms with van der Waals surface area (Å²) in [6.45, 7) is 4.70. The topological polar surface area (TPSA) is 91.6 Å². The molecule has 1 aromatic heterocycles. The molecule has 31 heavy (non-hydrogen) atoms. The number of sulfonamides is 1. The number of benzene rings is 1. The molecule has 170 valence electrons. The second-order valence-electron chi connectivity index (χ2n) is 8.23. The van der Waals surface area contributed by atoms with Gasteiger partial charge < -0.3 is 14.8 Å². The summed E-state index contributed by atoms with van der Waals surface area (Å²) in [6.07, 6.45) is 8.67. The molecule has 2 heterocycles. The number of rotatable bonds is 6. The van der Waals surface area contributed by atoms with Gasteiger partial charge in [-0.15, -0.1) is 24.0 Å². The maximum Gasteiger partial charge on any atom is 0.240 e. The van der Waals surface area contributed by atoms with Gasteiger partial charge in [0.1, 0.15) is 0 Å². The molecule has 1 aliphatic heterocycles. The number of hydrogen-bond donors (Lipinski definition) is 2. The van der Waals surface area contributed by atoms with Crippen molar-refractivity contribution in [1.29, 1.82) is 0 Å². The summed E-state index contributed by atoms with van der Waals surface area (Å²) in [6, 6.07) is 7.52. The third kappa shape index (κ3) is 5.98. The summed E-state index contributed by atoms with van der Waals surface area (Å²) in [5.74, 6) is 1.44. The van der Waals surface area contributed by atoms with Crippen LogP contribution in [0.15, 0.2) is 52.9 Å². The van der Waals surface area contributed by atoms with Gasteiger partial charge in [-0.3, -0.25) is 4.99 Å². The van der Waals surface area contributed by atoms with Crippen LogP contribution in [0.3, 0.4) is 0 Å². The van der Waals surface area contributed by atoms with Crippen LogP contribution >= 0.6 is 24.0 Å². The van der Waals surface area contributed by atoms with Crippen LogP contribution in [0.2, 0.25) is 0 Å². The molecule has 2 aromatic rings. The number of halogens is 1. The molecule has 1 saturated heterocycles. The van der Waals surface area contributed by atoms with E-state index in [2.05, 4.69) is 36.4 Å². The molecule has 0 spiro atoms. The van der Waals surface area contributed by atoms with Crippen LogP contribution in [0, 0.1) is 5.92 Å². The molecule has 1 aromatic carbocycles. The monoisotopic (exact) mass is 558 g/mol. The molecular formula is C21H31IN6O2S. The average Bonchev–Trinajstić information content (AvgIpc) is 3.37. The highest BCUT2D eigenvalue weighted by atomic mass is 127. The number of nitrogens with zero attached hydrogens (tertiary/aromatic N) is 4. The lowest BCUT2D eigenvalue weighted by atomic mass is 9.93. The first-order chi connectivity index (χ1) is 14.5. The Bertz CT molecular complexity index is 974. The third-order valence-corrected chi connectivity index (χ3v) is 7.46. The van der Waals surface area contributed by atoms with Gasteiger partial charge in [-0.05, 0) is 42.9 Å². The van der Waals surface area contributed by atoms with Crippen molar-refractivity contribution in [2.45, 2.75) is 49.7 Å². The smallest absolute Gasteiger partial charge is 0.240 e. The molecule has 4 rings (SSSR count). The van der Waals surface area contributed by atoms with Crippen molar-refractivity contribution in [2.75, 3.05) is 20.1 Å². The molecule has 2 atom stereocenters. The predicted molar refractivity (Wildman–Crippen MR) is 132 cm³/mol. The SMILES string of the molecule is CN=C(NCc1ccc(S(=O)(=O)NC2CC2)cc1)N1CCC(C)C(n2ccnc2)C1.I. The molecule has 2 unspecified atom stereocenters. The second kappa shape index (κ2) is 10.3. The van der Waals surface area contributed by atoms with E-state index >= 15 is 0 Å². The number of nitrogens with one attached hydrogen (secondary N) is 2. The lowest BCUT2D eigenvalue weighted by Gasteiger charge is -2.39. The zero-order valence-electron chi connectivity index (χ0n) is 17.9. The Kier molecular flexibility index (Phi) is 7.98. The Balaban J connectivity index is 0.00000272. The largest absolute Gasteiger partial charge is 0.352 e. The minimum atomic E-state index is -3.41. The van der Waals surface area contributed by atoms with E-state index in [0.717, 1.165) is 43.9 Å². The molecule has 10 heteroatoms. The molecular weight excluding hydrogens is 527 g/mol. The van der Waals surface area contributed by atoms with Crippen molar-refractivity contribution in [2.24, 2.45) is 10.9 Å². The predicted octanol–water partition coefficient (Wildman–Crippen LogP) is 2.60. The lowest BCUT2D eigenvalue weighted by Crippen LogP contribution is -2.48. The standard InChI is InChI=1S/C21H30N6O2S.HI/c1-16-9-11-26(14-20(16)27-12-10-23-15-27)21(22-2)24-13-17-3-7-19(8-4-17)30(28,29)25-18-5-6-18;/h3-4,7-8,10,12,15-16,18,20,25H,5-6,9,11,13-14H2,1-2H3,(H,22,24);1H. The van der Waals surface area contributed by atoms with Crippen molar-refractivity contribution < 1.29 is 8.42 Å². The van der Waals surface area contributed by atoms with Gasteiger partial charge in [0.15, 0.2) is 5.96 Å². The van der Waals surface area contributed by atoms with Crippen molar-refractivity contribution >= 4 is 40.0 Å². The highest BCUT2D eigenvalue weighted by molar-refractivity contribution is 14.0.